The highest BCUT2D eigenvalue weighted by Gasteiger charge is 2.42. The maximum atomic E-state index is 12.2. The van der Waals surface area contributed by atoms with Crippen LogP contribution >= 0.6 is 0 Å². The van der Waals surface area contributed by atoms with Crippen LogP contribution in [0.3, 0.4) is 0 Å². The van der Waals surface area contributed by atoms with Crippen molar-refractivity contribution in [3.8, 4) is 0 Å². The Hall–Kier alpha value is -1.26. The second kappa shape index (κ2) is 7.34. The number of piperidine rings is 1. The number of likely N-dealkylation sites (tertiary alicyclic amines) is 1. The summed E-state index contributed by atoms with van der Waals surface area (Å²) in [5, 5.41) is 0. The van der Waals surface area contributed by atoms with Gasteiger partial charge in [0.2, 0.25) is 0 Å². The summed E-state index contributed by atoms with van der Waals surface area (Å²) in [5.41, 5.74) is -0.593. The molecule has 0 N–H and O–H groups in total. The quantitative estimate of drug-likeness (QED) is 0.744. The Bertz CT molecular complexity index is 402. The lowest BCUT2D eigenvalue weighted by Gasteiger charge is -2.45. The molecule has 0 bridgehead atoms. The third-order valence-electron chi connectivity index (χ3n) is 4.38. The van der Waals surface area contributed by atoms with Crippen molar-refractivity contribution in [3.05, 3.63) is 0 Å². The van der Waals surface area contributed by atoms with Crippen molar-refractivity contribution >= 4 is 12.1 Å². The lowest BCUT2D eigenvalue weighted by Crippen LogP contribution is -2.50. The zero-order valence-corrected chi connectivity index (χ0v) is 14.9. The minimum Gasteiger partial charge on any atom is -0.466 e. The van der Waals surface area contributed by atoms with Crippen LogP contribution in [0.25, 0.3) is 0 Å². The van der Waals surface area contributed by atoms with Crippen LogP contribution in [-0.4, -0.2) is 42.3 Å². The molecular weight excluding hydrogens is 282 g/mol. The van der Waals surface area contributed by atoms with Crippen LogP contribution in [0.15, 0.2) is 0 Å². The Morgan fingerprint density at radius 3 is 2.41 bits per heavy atom. The van der Waals surface area contributed by atoms with Crippen LogP contribution in [-0.2, 0) is 14.3 Å². The minimum absolute atomic E-state index is 0.112. The van der Waals surface area contributed by atoms with E-state index in [1.807, 2.05) is 27.7 Å². The van der Waals surface area contributed by atoms with Crippen molar-refractivity contribution in [3.63, 3.8) is 0 Å². The molecule has 0 aromatic heterocycles. The molecule has 1 saturated heterocycles. The van der Waals surface area contributed by atoms with E-state index in [2.05, 4.69) is 13.8 Å². The Morgan fingerprint density at radius 2 is 1.91 bits per heavy atom. The average molecular weight is 313 g/mol. The third kappa shape index (κ3) is 5.18. The van der Waals surface area contributed by atoms with Gasteiger partial charge in [0.15, 0.2) is 0 Å². The minimum atomic E-state index is -0.482. The zero-order chi connectivity index (χ0) is 17.0. The van der Waals surface area contributed by atoms with E-state index in [1.165, 1.54) is 0 Å². The van der Waals surface area contributed by atoms with Crippen molar-refractivity contribution in [1.82, 2.24) is 4.90 Å². The first-order chi connectivity index (χ1) is 10.1. The number of hydrogen-bond acceptors (Lipinski definition) is 4. The second-order valence-electron chi connectivity index (χ2n) is 7.42. The maximum Gasteiger partial charge on any atom is 0.410 e. The fourth-order valence-corrected chi connectivity index (χ4v) is 3.06. The molecule has 22 heavy (non-hydrogen) atoms. The van der Waals surface area contributed by atoms with Gasteiger partial charge in [0.05, 0.1) is 13.0 Å². The summed E-state index contributed by atoms with van der Waals surface area (Å²) in [6.45, 7) is 13.4. The summed E-state index contributed by atoms with van der Waals surface area (Å²) in [4.78, 5) is 25.8. The largest absolute Gasteiger partial charge is 0.466 e. The van der Waals surface area contributed by atoms with E-state index in [0.29, 0.717) is 26.1 Å². The Morgan fingerprint density at radius 1 is 1.27 bits per heavy atom. The molecule has 2 atom stereocenters. The summed E-state index contributed by atoms with van der Waals surface area (Å²) in [7, 11) is 0. The summed E-state index contributed by atoms with van der Waals surface area (Å²) in [5.74, 6) is 0.132. The van der Waals surface area contributed by atoms with E-state index in [4.69, 9.17) is 9.47 Å². The van der Waals surface area contributed by atoms with Crippen molar-refractivity contribution in [2.45, 2.75) is 66.4 Å². The van der Waals surface area contributed by atoms with Gasteiger partial charge in [-0.05, 0) is 45.4 Å². The van der Waals surface area contributed by atoms with Gasteiger partial charge < -0.3 is 14.4 Å². The van der Waals surface area contributed by atoms with Gasteiger partial charge in [-0.2, -0.15) is 0 Å². The summed E-state index contributed by atoms with van der Waals surface area (Å²) in [6, 6.07) is 0. The third-order valence-corrected chi connectivity index (χ3v) is 4.38. The molecule has 0 aromatic rings. The predicted octanol–water partition coefficient (Wildman–Crippen LogP) is 3.61. The van der Waals surface area contributed by atoms with E-state index in [-0.39, 0.29) is 23.4 Å². The lowest BCUT2D eigenvalue weighted by molar-refractivity contribution is -0.147. The van der Waals surface area contributed by atoms with Gasteiger partial charge in [0.25, 0.3) is 0 Å². The van der Waals surface area contributed by atoms with Crippen LogP contribution in [0.2, 0.25) is 0 Å². The molecule has 0 saturated carbocycles. The van der Waals surface area contributed by atoms with Crippen molar-refractivity contribution in [2.75, 3.05) is 19.7 Å². The normalized spacial score (nSPS) is 25.7. The fraction of sp³-hybridized carbons (Fsp3) is 0.882. The molecule has 1 heterocycles. The highest BCUT2D eigenvalue weighted by molar-refractivity contribution is 5.71. The number of hydrogen-bond donors (Lipinski definition) is 0. The van der Waals surface area contributed by atoms with Crippen LogP contribution in [0.1, 0.15) is 60.8 Å². The fourth-order valence-electron chi connectivity index (χ4n) is 3.06. The molecular formula is C17H31NO4. The molecule has 2 unspecified atom stereocenters. The topological polar surface area (TPSA) is 55.8 Å². The molecule has 0 radical (unpaired) electrons. The number of carbonyl (C=O) groups excluding carboxylic acids is 2. The van der Waals surface area contributed by atoms with Gasteiger partial charge in [0.1, 0.15) is 5.60 Å². The second-order valence-corrected chi connectivity index (χ2v) is 7.42. The van der Waals surface area contributed by atoms with Crippen molar-refractivity contribution in [2.24, 2.45) is 11.3 Å². The summed E-state index contributed by atoms with van der Waals surface area (Å²) < 4.78 is 10.6. The SMILES string of the molecule is CCOC(=O)CC1(C)CCN(C(=O)OC(C)(C)C)CC1CC. The molecule has 1 fully saturated rings. The van der Waals surface area contributed by atoms with E-state index in [1.54, 1.807) is 4.90 Å². The van der Waals surface area contributed by atoms with Crippen molar-refractivity contribution in [1.29, 1.82) is 0 Å². The molecule has 5 nitrogen and oxygen atoms in total. The van der Waals surface area contributed by atoms with E-state index in [0.717, 1.165) is 12.8 Å². The number of rotatable bonds is 4. The number of ether oxygens (including phenoxy) is 2. The zero-order valence-electron chi connectivity index (χ0n) is 14.9. The molecule has 1 aliphatic rings. The Balaban J connectivity index is 2.70. The first kappa shape index (κ1) is 18.8. The maximum absolute atomic E-state index is 12.2. The standard InChI is InChI=1S/C17H31NO4/c1-7-13-12-18(15(20)22-16(3,4)5)10-9-17(13,6)11-14(19)21-8-2/h13H,7-12H2,1-6H3. The van der Waals surface area contributed by atoms with Gasteiger partial charge >= 0.3 is 12.1 Å². The first-order valence-corrected chi connectivity index (χ1v) is 8.25. The molecule has 5 heteroatoms. The highest BCUT2D eigenvalue weighted by atomic mass is 16.6. The Kier molecular flexibility index (Phi) is 6.27. The summed E-state index contributed by atoms with van der Waals surface area (Å²) >= 11 is 0. The highest BCUT2D eigenvalue weighted by Crippen LogP contribution is 2.41. The van der Waals surface area contributed by atoms with Gasteiger partial charge in [-0.25, -0.2) is 4.79 Å². The smallest absolute Gasteiger partial charge is 0.410 e. The molecule has 1 aliphatic heterocycles. The van der Waals surface area contributed by atoms with Crippen LogP contribution in [0, 0.1) is 11.3 Å². The van der Waals surface area contributed by atoms with E-state index < -0.39 is 5.60 Å². The van der Waals surface area contributed by atoms with Gasteiger partial charge in [-0.15, -0.1) is 0 Å². The summed E-state index contributed by atoms with van der Waals surface area (Å²) in [6.07, 6.45) is 1.88. The predicted molar refractivity (Wildman–Crippen MR) is 85.6 cm³/mol. The van der Waals surface area contributed by atoms with Gasteiger partial charge in [-0.3, -0.25) is 4.79 Å². The lowest BCUT2D eigenvalue weighted by atomic mass is 9.68. The average Bonchev–Trinajstić information content (AvgIpc) is 2.36. The van der Waals surface area contributed by atoms with Gasteiger partial charge in [0, 0.05) is 13.1 Å². The molecule has 128 valence electrons. The molecule has 0 spiro atoms. The van der Waals surface area contributed by atoms with Gasteiger partial charge in [-0.1, -0.05) is 20.3 Å². The van der Waals surface area contributed by atoms with Crippen LogP contribution < -0.4 is 0 Å². The van der Waals surface area contributed by atoms with E-state index in [9.17, 15) is 9.59 Å². The first-order valence-electron chi connectivity index (χ1n) is 8.25. The van der Waals surface area contributed by atoms with Crippen molar-refractivity contribution < 1.29 is 19.1 Å². The molecule has 0 aliphatic carbocycles. The molecule has 1 rings (SSSR count). The molecule has 1 amide bonds. The number of esters is 1. The monoisotopic (exact) mass is 313 g/mol. The number of amides is 1. The van der Waals surface area contributed by atoms with E-state index >= 15 is 0 Å². The van der Waals surface area contributed by atoms with Crippen LogP contribution in [0.4, 0.5) is 4.79 Å². The van der Waals surface area contributed by atoms with Crippen LogP contribution in [0.5, 0.6) is 0 Å². The number of carbonyl (C=O) groups is 2. The molecule has 0 aromatic carbocycles. The number of nitrogens with zero attached hydrogens (tertiary/aromatic N) is 1. The Labute approximate surface area is 134 Å².